The molecular formula is C21H19FN2O2S. The molecule has 3 aromatic rings. The molecule has 1 aromatic heterocycles. The first-order chi connectivity index (χ1) is 13.2. The molecule has 0 radical (unpaired) electrons. The highest BCUT2D eigenvalue weighted by molar-refractivity contribution is 7.14. The molecule has 0 spiro atoms. The lowest BCUT2D eigenvalue weighted by Crippen LogP contribution is -2.37. The summed E-state index contributed by atoms with van der Waals surface area (Å²) in [7, 11) is 0. The van der Waals surface area contributed by atoms with Crippen LogP contribution in [0.5, 0.6) is 0 Å². The van der Waals surface area contributed by atoms with Crippen LogP contribution in [0, 0.1) is 5.82 Å². The highest BCUT2D eigenvalue weighted by Gasteiger charge is 2.27. The third-order valence-electron chi connectivity index (χ3n) is 4.52. The van der Waals surface area contributed by atoms with E-state index in [2.05, 4.69) is 4.98 Å². The van der Waals surface area contributed by atoms with Gasteiger partial charge in [0.2, 0.25) is 0 Å². The maximum absolute atomic E-state index is 13.6. The van der Waals surface area contributed by atoms with E-state index in [1.807, 2.05) is 35.7 Å². The largest absolute Gasteiger partial charge is 0.376 e. The van der Waals surface area contributed by atoms with Crippen molar-refractivity contribution < 1.29 is 13.9 Å². The first-order valence-electron chi connectivity index (χ1n) is 8.91. The molecular weight excluding hydrogens is 363 g/mol. The van der Waals surface area contributed by atoms with Crippen molar-refractivity contribution in [2.45, 2.75) is 18.9 Å². The summed E-state index contributed by atoms with van der Waals surface area (Å²) in [5, 5.41) is 2.53. The SMILES string of the molecule is O=C(c1cccc(F)c1)N(CC1CCCO1)c1nc(-c2ccccc2)cs1. The lowest BCUT2D eigenvalue weighted by molar-refractivity contribution is 0.0917. The number of ether oxygens (including phenoxy) is 1. The van der Waals surface area contributed by atoms with Gasteiger partial charge in [0.15, 0.2) is 5.13 Å². The van der Waals surface area contributed by atoms with Gasteiger partial charge in [-0.05, 0) is 31.0 Å². The number of carbonyl (C=O) groups excluding carboxylic acids is 1. The van der Waals surface area contributed by atoms with Crippen molar-refractivity contribution in [1.82, 2.24) is 4.98 Å². The Morgan fingerprint density at radius 3 is 2.81 bits per heavy atom. The second-order valence-corrected chi connectivity index (χ2v) is 7.28. The van der Waals surface area contributed by atoms with Crippen molar-refractivity contribution in [3.8, 4) is 11.3 Å². The number of nitrogens with zero attached hydrogens (tertiary/aromatic N) is 2. The number of amides is 1. The highest BCUT2D eigenvalue weighted by atomic mass is 32.1. The molecule has 0 bridgehead atoms. The Kier molecular flexibility index (Phi) is 5.27. The molecule has 0 saturated carbocycles. The molecule has 2 aromatic carbocycles. The normalized spacial score (nSPS) is 16.4. The number of aromatic nitrogens is 1. The molecule has 1 saturated heterocycles. The fraction of sp³-hybridized carbons (Fsp3) is 0.238. The summed E-state index contributed by atoms with van der Waals surface area (Å²) in [4.78, 5) is 19.4. The monoisotopic (exact) mass is 382 g/mol. The molecule has 1 unspecified atom stereocenters. The van der Waals surface area contributed by atoms with Gasteiger partial charge in [-0.3, -0.25) is 9.69 Å². The Balaban J connectivity index is 1.65. The first kappa shape index (κ1) is 17.8. The number of carbonyl (C=O) groups is 1. The fourth-order valence-corrected chi connectivity index (χ4v) is 3.99. The van der Waals surface area contributed by atoms with Gasteiger partial charge < -0.3 is 4.74 Å². The lowest BCUT2D eigenvalue weighted by atomic mass is 10.1. The van der Waals surface area contributed by atoms with Crippen LogP contribution >= 0.6 is 11.3 Å². The van der Waals surface area contributed by atoms with Gasteiger partial charge in [-0.2, -0.15) is 0 Å². The fourth-order valence-electron chi connectivity index (χ4n) is 3.15. The Hall–Kier alpha value is -2.57. The summed E-state index contributed by atoms with van der Waals surface area (Å²) in [6.07, 6.45) is 1.87. The Morgan fingerprint density at radius 1 is 1.22 bits per heavy atom. The predicted molar refractivity (Wildman–Crippen MR) is 105 cm³/mol. The molecule has 1 aliphatic rings. The third kappa shape index (κ3) is 4.07. The number of hydrogen-bond donors (Lipinski definition) is 0. The number of rotatable bonds is 5. The molecule has 138 valence electrons. The van der Waals surface area contributed by atoms with E-state index >= 15 is 0 Å². The van der Waals surface area contributed by atoms with E-state index in [4.69, 9.17) is 4.74 Å². The van der Waals surface area contributed by atoms with Crippen LogP contribution in [0.15, 0.2) is 60.0 Å². The van der Waals surface area contributed by atoms with E-state index in [0.717, 1.165) is 24.1 Å². The van der Waals surface area contributed by atoms with Crippen LogP contribution in [0.2, 0.25) is 0 Å². The van der Waals surface area contributed by atoms with E-state index in [9.17, 15) is 9.18 Å². The maximum atomic E-state index is 13.6. The Labute approximate surface area is 161 Å². The topological polar surface area (TPSA) is 42.4 Å². The zero-order chi connectivity index (χ0) is 18.6. The summed E-state index contributed by atoms with van der Waals surface area (Å²) in [5.41, 5.74) is 2.12. The number of halogens is 1. The van der Waals surface area contributed by atoms with Crippen LogP contribution in [0.3, 0.4) is 0 Å². The van der Waals surface area contributed by atoms with Crippen molar-refractivity contribution in [2.24, 2.45) is 0 Å². The molecule has 1 aliphatic heterocycles. The number of hydrogen-bond acceptors (Lipinski definition) is 4. The Morgan fingerprint density at radius 2 is 2.07 bits per heavy atom. The van der Waals surface area contributed by atoms with E-state index in [1.165, 1.54) is 23.5 Å². The smallest absolute Gasteiger partial charge is 0.260 e. The molecule has 0 aliphatic carbocycles. The van der Waals surface area contributed by atoms with Gasteiger partial charge in [0.25, 0.3) is 5.91 Å². The van der Waals surface area contributed by atoms with Crippen molar-refractivity contribution in [1.29, 1.82) is 0 Å². The third-order valence-corrected chi connectivity index (χ3v) is 5.38. The zero-order valence-corrected chi connectivity index (χ0v) is 15.5. The average Bonchev–Trinajstić information content (AvgIpc) is 3.38. The highest BCUT2D eigenvalue weighted by Crippen LogP contribution is 2.29. The van der Waals surface area contributed by atoms with Crippen LogP contribution in [-0.4, -0.2) is 30.1 Å². The minimum Gasteiger partial charge on any atom is -0.376 e. The van der Waals surface area contributed by atoms with Crippen molar-refractivity contribution in [3.05, 3.63) is 71.4 Å². The van der Waals surface area contributed by atoms with Crippen LogP contribution in [0.4, 0.5) is 9.52 Å². The van der Waals surface area contributed by atoms with Crippen molar-refractivity contribution in [2.75, 3.05) is 18.1 Å². The molecule has 27 heavy (non-hydrogen) atoms. The first-order valence-corrected chi connectivity index (χ1v) is 9.78. The molecule has 6 heteroatoms. The van der Waals surface area contributed by atoms with Gasteiger partial charge >= 0.3 is 0 Å². The molecule has 0 N–H and O–H groups in total. The second kappa shape index (κ2) is 7.98. The number of anilines is 1. The van der Waals surface area contributed by atoms with E-state index < -0.39 is 5.82 Å². The molecule has 4 rings (SSSR count). The molecule has 1 amide bonds. The lowest BCUT2D eigenvalue weighted by Gasteiger charge is -2.23. The maximum Gasteiger partial charge on any atom is 0.260 e. The number of benzene rings is 2. The molecule has 2 heterocycles. The van der Waals surface area contributed by atoms with Crippen LogP contribution in [-0.2, 0) is 4.74 Å². The quantitative estimate of drug-likeness (QED) is 0.638. The van der Waals surface area contributed by atoms with Gasteiger partial charge in [-0.1, -0.05) is 36.4 Å². The van der Waals surface area contributed by atoms with Gasteiger partial charge in [0.1, 0.15) is 5.82 Å². The van der Waals surface area contributed by atoms with Crippen LogP contribution in [0.1, 0.15) is 23.2 Å². The van der Waals surface area contributed by atoms with Crippen LogP contribution in [0.25, 0.3) is 11.3 Å². The minimum absolute atomic E-state index is 0.0217. The minimum atomic E-state index is -0.429. The second-order valence-electron chi connectivity index (χ2n) is 6.44. The number of thiazole rings is 1. The van der Waals surface area contributed by atoms with Gasteiger partial charge in [0, 0.05) is 23.1 Å². The van der Waals surface area contributed by atoms with Crippen LogP contribution < -0.4 is 4.90 Å². The molecule has 1 atom stereocenters. The predicted octanol–water partition coefficient (Wildman–Crippen LogP) is 4.78. The van der Waals surface area contributed by atoms with Gasteiger partial charge in [-0.15, -0.1) is 11.3 Å². The van der Waals surface area contributed by atoms with E-state index in [0.29, 0.717) is 23.8 Å². The summed E-state index contributed by atoms with van der Waals surface area (Å²) in [6, 6.07) is 15.6. The molecule has 1 fully saturated rings. The van der Waals surface area contributed by atoms with Crippen molar-refractivity contribution in [3.63, 3.8) is 0 Å². The van der Waals surface area contributed by atoms with Crippen molar-refractivity contribution >= 4 is 22.4 Å². The summed E-state index contributed by atoms with van der Waals surface area (Å²) in [6.45, 7) is 1.12. The standard InChI is InChI=1S/C21H19FN2O2S/c22-17-9-4-8-16(12-17)20(25)24(13-18-10-5-11-26-18)21-23-19(14-27-21)15-6-2-1-3-7-15/h1-4,6-9,12,14,18H,5,10-11,13H2. The Bertz CT molecular complexity index is 923. The van der Waals surface area contributed by atoms with Gasteiger partial charge in [-0.25, -0.2) is 9.37 Å². The van der Waals surface area contributed by atoms with E-state index in [-0.39, 0.29) is 12.0 Å². The molecule has 4 nitrogen and oxygen atoms in total. The summed E-state index contributed by atoms with van der Waals surface area (Å²) >= 11 is 1.41. The van der Waals surface area contributed by atoms with E-state index in [1.54, 1.807) is 17.0 Å². The van der Waals surface area contributed by atoms with Gasteiger partial charge in [0.05, 0.1) is 18.3 Å². The summed E-state index contributed by atoms with van der Waals surface area (Å²) < 4.78 is 19.3. The zero-order valence-electron chi connectivity index (χ0n) is 14.7. The average molecular weight is 382 g/mol. The summed E-state index contributed by atoms with van der Waals surface area (Å²) in [5.74, 6) is -0.694.